The molecule has 1 aromatic heterocycles. The van der Waals surface area contributed by atoms with Gasteiger partial charge in [0, 0.05) is 11.2 Å². The van der Waals surface area contributed by atoms with Crippen LogP contribution < -0.4 is 5.32 Å². The predicted molar refractivity (Wildman–Crippen MR) is 83.9 cm³/mol. The Bertz CT molecular complexity index is 584. The number of carbonyl (C=O) groups is 1. The van der Waals surface area contributed by atoms with E-state index in [9.17, 15) is 4.79 Å². The fourth-order valence-electron chi connectivity index (χ4n) is 1.87. The van der Waals surface area contributed by atoms with Gasteiger partial charge in [-0.1, -0.05) is 30.7 Å². The first-order valence-corrected chi connectivity index (χ1v) is 7.45. The van der Waals surface area contributed by atoms with Gasteiger partial charge in [0.2, 0.25) is 0 Å². The summed E-state index contributed by atoms with van der Waals surface area (Å²) in [6.07, 6.45) is 2.35. The summed E-state index contributed by atoms with van der Waals surface area (Å²) in [7, 11) is 0. The minimum absolute atomic E-state index is 0.0385. The number of nitrogens with zero attached hydrogens (tertiary/aromatic N) is 1. The molecular weight excluding hydrogens is 340 g/mol. The minimum Gasteiger partial charge on any atom is -0.345 e. The summed E-state index contributed by atoms with van der Waals surface area (Å²) in [5, 5.41) is 3.69. The second-order valence-electron chi connectivity index (χ2n) is 4.36. The molecule has 2 aromatic rings. The quantitative estimate of drug-likeness (QED) is 0.829. The lowest BCUT2D eigenvalue weighted by molar-refractivity contribution is 0.0935. The normalized spacial score (nSPS) is 11.9. The highest BCUT2D eigenvalue weighted by atomic mass is 79.9. The van der Waals surface area contributed by atoms with Crippen LogP contribution in [0.2, 0.25) is 5.02 Å². The minimum atomic E-state index is -0.133. The Morgan fingerprint density at radius 1 is 1.30 bits per heavy atom. The van der Waals surface area contributed by atoms with Gasteiger partial charge in [0.15, 0.2) is 0 Å². The fraction of sp³-hybridized carbons (Fsp3) is 0.200. The van der Waals surface area contributed by atoms with Gasteiger partial charge in [-0.3, -0.25) is 4.79 Å². The number of hydrogen-bond acceptors (Lipinski definition) is 2. The van der Waals surface area contributed by atoms with Crippen molar-refractivity contribution in [1.82, 2.24) is 10.3 Å². The van der Waals surface area contributed by atoms with Crippen molar-refractivity contribution in [2.45, 2.75) is 19.4 Å². The number of halogens is 2. The lowest BCUT2D eigenvalue weighted by Crippen LogP contribution is -2.28. The summed E-state index contributed by atoms with van der Waals surface area (Å²) in [6, 6.07) is 11.0. The molecule has 0 fully saturated rings. The number of nitrogens with one attached hydrogen (secondary N) is 1. The Hall–Kier alpha value is -1.39. The molecule has 0 radical (unpaired) electrons. The van der Waals surface area contributed by atoms with Crippen molar-refractivity contribution in [2.24, 2.45) is 0 Å². The molecule has 5 heteroatoms. The van der Waals surface area contributed by atoms with E-state index in [-0.39, 0.29) is 11.9 Å². The van der Waals surface area contributed by atoms with Gasteiger partial charge in [-0.05, 0) is 52.2 Å². The molecule has 0 saturated heterocycles. The number of pyridine rings is 1. The predicted octanol–water partition coefficient (Wildman–Crippen LogP) is 4.38. The molecule has 0 aliphatic carbocycles. The van der Waals surface area contributed by atoms with Crippen molar-refractivity contribution >= 4 is 33.4 Å². The molecule has 20 heavy (non-hydrogen) atoms. The van der Waals surface area contributed by atoms with Gasteiger partial charge in [-0.15, -0.1) is 0 Å². The van der Waals surface area contributed by atoms with Gasteiger partial charge in [-0.25, -0.2) is 4.98 Å². The van der Waals surface area contributed by atoms with E-state index in [1.165, 1.54) is 0 Å². The number of amides is 1. The van der Waals surface area contributed by atoms with E-state index >= 15 is 0 Å². The van der Waals surface area contributed by atoms with Crippen molar-refractivity contribution in [1.29, 1.82) is 0 Å². The zero-order valence-corrected chi connectivity index (χ0v) is 13.3. The number of aromatic nitrogens is 1. The van der Waals surface area contributed by atoms with Gasteiger partial charge in [0.1, 0.15) is 4.60 Å². The van der Waals surface area contributed by atoms with E-state index in [1.54, 1.807) is 18.3 Å². The fourth-order valence-corrected chi connectivity index (χ4v) is 2.23. The summed E-state index contributed by atoms with van der Waals surface area (Å²) in [5.41, 5.74) is 1.58. The Balaban J connectivity index is 2.11. The summed E-state index contributed by atoms with van der Waals surface area (Å²) >= 11 is 9.12. The van der Waals surface area contributed by atoms with Crippen LogP contribution in [0.4, 0.5) is 0 Å². The van der Waals surface area contributed by atoms with Crippen molar-refractivity contribution in [3.63, 3.8) is 0 Å². The first-order valence-electron chi connectivity index (χ1n) is 6.28. The maximum absolute atomic E-state index is 12.2. The zero-order valence-electron chi connectivity index (χ0n) is 10.9. The van der Waals surface area contributed by atoms with Crippen molar-refractivity contribution < 1.29 is 4.79 Å². The largest absolute Gasteiger partial charge is 0.345 e. The van der Waals surface area contributed by atoms with Crippen LogP contribution >= 0.6 is 27.5 Å². The van der Waals surface area contributed by atoms with Crippen molar-refractivity contribution in [3.05, 3.63) is 63.3 Å². The highest BCUT2D eigenvalue weighted by Crippen LogP contribution is 2.19. The highest BCUT2D eigenvalue weighted by molar-refractivity contribution is 9.10. The molecule has 2 rings (SSSR count). The Morgan fingerprint density at radius 3 is 2.55 bits per heavy atom. The molecule has 3 nitrogen and oxygen atoms in total. The van der Waals surface area contributed by atoms with Crippen LogP contribution in [0.3, 0.4) is 0 Å². The highest BCUT2D eigenvalue weighted by Gasteiger charge is 2.14. The van der Waals surface area contributed by atoms with Crippen LogP contribution in [0.25, 0.3) is 0 Å². The van der Waals surface area contributed by atoms with E-state index in [1.807, 2.05) is 31.2 Å². The molecule has 104 valence electrons. The van der Waals surface area contributed by atoms with Gasteiger partial charge in [-0.2, -0.15) is 0 Å². The molecule has 1 heterocycles. The second kappa shape index (κ2) is 6.86. The molecule has 0 saturated carbocycles. The van der Waals surface area contributed by atoms with Crippen molar-refractivity contribution in [3.8, 4) is 0 Å². The molecule has 1 aromatic carbocycles. The van der Waals surface area contributed by atoms with Crippen LogP contribution in [-0.4, -0.2) is 10.9 Å². The molecule has 0 spiro atoms. The number of benzene rings is 1. The third kappa shape index (κ3) is 3.81. The van der Waals surface area contributed by atoms with Crippen molar-refractivity contribution in [2.75, 3.05) is 0 Å². The smallest absolute Gasteiger partial charge is 0.253 e. The van der Waals surface area contributed by atoms with Crippen LogP contribution in [-0.2, 0) is 0 Å². The maximum atomic E-state index is 12.2. The average Bonchev–Trinajstić information content (AvgIpc) is 2.46. The van der Waals surface area contributed by atoms with E-state index < -0.39 is 0 Å². The number of carbonyl (C=O) groups excluding carboxylic acids is 1. The van der Waals surface area contributed by atoms with E-state index in [0.29, 0.717) is 15.2 Å². The summed E-state index contributed by atoms with van der Waals surface area (Å²) in [4.78, 5) is 16.2. The molecule has 1 unspecified atom stereocenters. The molecular formula is C15H14BrClN2O. The zero-order chi connectivity index (χ0) is 14.5. The molecule has 1 amide bonds. The van der Waals surface area contributed by atoms with Crippen LogP contribution in [0.5, 0.6) is 0 Å². The summed E-state index contributed by atoms with van der Waals surface area (Å²) < 4.78 is 0.707. The Kier molecular flexibility index (Phi) is 5.15. The van der Waals surface area contributed by atoms with E-state index in [0.717, 1.165) is 12.0 Å². The summed E-state index contributed by atoms with van der Waals surface area (Å²) in [5.74, 6) is -0.133. The van der Waals surface area contributed by atoms with Crippen LogP contribution in [0.1, 0.15) is 35.3 Å². The third-order valence-corrected chi connectivity index (χ3v) is 3.70. The standard InChI is InChI=1S/C15H14BrClN2O/c1-2-13(10-3-6-12(17)7-4-10)19-15(20)11-5-8-14(16)18-9-11/h3-9,13H,2H2,1H3,(H,19,20). The molecule has 0 aliphatic rings. The maximum Gasteiger partial charge on any atom is 0.253 e. The van der Waals surface area contributed by atoms with Gasteiger partial charge in [0.05, 0.1) is 11.6 Å². The van der Waals surface area contributed by atoms with E-state index in [2.05, 4.69) is 26.2 Å². The molecule has 0 aliphatic heterocycles. The molecule has 0 bridgehead atoms. The van der Waals surface area contributed by atoms with E-state index in [4.69, 9.17) is 11.6 Å². The first-order chi connectivity index (χ1) is 9.60. The molecule has 1 atom stereocenters. The van der Waals surface area contributed by atoms with Gasteiger partial charge >= 0.3 is 0 Å². The third-order valence-electron chi connectivity index (χ3n) is 2.98. The second-order valence-corrected chi connectivity index (χ2v) is 5.60. The van der Waals surface area contributed by atoms with Gasteiger partial charge in [0.25, 0.3) is 5.91 Å². The summed E-state index contributed by atoms with van der Waals surface area (Å²) in [6.45, 7) is 2.03. The van der Waals surface area contributed by atoms with Crippen LogP contribution in [0.15, 0.2) is 47.2 Å². The number of hydrogen-bond donors (Lipinski definition) is 1. The first kappa shape index (κ1) is 15.0. The van der Waals surface area contributed by atoms with Crippen LogP contribution in [0, 0.1) is 0 Å². The monoisotopic (exact) mass is 352 g/mol. The lowest BCUT2D eigenvalue weighted by atomic mass is 10.0. The molecule has 1 N–H and O–H groups in total. The lowest BCUT2D eigenvalue weighted by Gasteiger charge is -2.17. The van der Waals surface area contributed by atoms with Gasteiger partial charge < -0.3 is 5.32 Å². The Labute approximate surface area is 131 Å². The number of rotatable bonds is 4. The SMILES string of the molecule is CCC(NC(=O)c1ccc(Br)nc1)c1ccc(Cl)cc1. The Morgan fingerprint density at radius 2 is 2.00 bits per heavy atom. The average molecular weight is 354 g/mol. The topological polar surface area (TPSA) is 42.0 Å².